The summed E-state index contributed by atoms with van der Waals surface area (Å²) in [7, 11) is -3.66. The molecule has 1 atom stereocenters. The van der Waals surface area contributed by atoms with Gasteiger partial charge in [-0.1, -0.05) is 30.3 Å². The van der Waals surface area contributed by atoms with E-state index < -0.39 is 16.1 Å². The van der Waals surface area contributed by atoms with Crippen LogP contribution in [0, 0.1) is 13.8 Å². The van der Waals surface area contributed by atoms with Crippen LogP contribution in [-0.2, 0) is 27.7 Å². The highest BCUT2D eigenvalue weighted by molar-refractivity contribution is 7.92. The Morgan fingerprint density at radius 1 is 1.00 bits per heavy atom. The summed E-state index contributed by atoms with van der Waals surface area (Å²) in [6, 6.07) is 14.8. The van der Waals surface area contributed by atoms with Crippen LogP contribution in [-0.4, -0.2) is 26.6 Å². The molecule has 1 aliphatic carbocycles. The lowest BCUT2D eigenvalue weighted by atomic mass is 10.0. The van der Waals surface area contributed by atoms with Crippen molar-refractivity contribution in [2.45, 2.75) is 39.7 Å². The molecule has 1 amide bonds. The summed E-state index contributed by atoms with van der Waals surface area (Å²) in [5, 5.41) is 5.18. The zero-order valence-electron chi connectivity index (χ0n) is 17.7. The maximum absolute atomic E-state index is 13.2. The lowest BCUT2D eigenvalue weighted by Gasteiger charge is -2.29. The van der Waals surface area contributed by atoms with Crippen LogP contribution in [0.1, 0.15) is 29.2 Å². The summed E-state index contributed by atoms with van der Waals surface area (Å²) in [6.45, 7) is 5.44. The molecule has 0 aliphatic heterocycles. The van der Waals surface area contributed by atoms with Gasteiger partial charge >= 0.3 is 0 Å². The van der Waals surface area contributed by atoms with Crippen LogP contribution in [0.5, 0.6) is 0 Å². The first-order valence-electron chi connectivity index (χ1n) is 10.1. The number of hydrogen-bond acceptors (Lipinski definition) is 3. The molecule has 156 valence electrons. The van der Waals surface area contributed by atoms with Gasteiger partial charge in [-0.05, 0) is 79.5 Å². The number of carbonyl (C=O) groups is 1. The zero-order valence-corrected chi connectivity index (χ0v) is 18.5. The van der Waals surface area contributed by atoms with Crippen LogP contribution in [0.4, 0.5) is 11.4 Å². The molecule has 6 heteroatoms. The van der Waals surface area contributed by atoms with Gasteiger partial charge in [0.25, 0.3) is 0 Å². The van der Waals surface area contributed by atoms with E-state index in [1.165, 1.54) is 20.8 Å². The van der Waals surface area contributed by atoms with Gasteiger partial charge in [-0.25, -0.2) is 8.42 Å². The number of aryl methyl sites for hydroxylation is 4. The number of amides is 1. The van der Waals surface area contributed by atoms with Crippen LogP contribution < -0.4 is 9.62 Å². The second-order valence-electron chi connectivity index (χ2n) is 8.18. The van der Waals surface area contributed by atoms with Gasteiger partial charge in [-0.3, -0.25) is 9.10 Å². The standard InChI is InChI=1S/C24H26N2O3S/c1-15-12-16(2)14-20(13-15)26(30(4,28)29)17(3)24(27)25-22-11-10-19-9-8-18-6-5-7-21(22)23(18)19/h5-7,10-14,17H,8-9H2,1-4H3,(H,25,27)/t17-/m1/s1. The number of nitrogens with zero attached hydrogens (tertiary/aromatic N) is 1. The zero-order chi connectivity index (χ0) is 21.6. The third-order valence-electron chi connectivity index (χ3n) is 5.68. The van der Waals surface area contributed by atoms with Gasteiger partial charge in [0.05, 0.1) is 11.9 Å². The Morgan fingerprint density at radius 2 is 1.63 bits per heavy atom. The Kier molecular flexibility index (Phi) is 5.06. The monoisotopic (exact) mass is 422 g/mol. The number of rotatable bonds is 5. The van der Waals surface area contributed by atoms with Crippen molar-refractivity contribution in [1.29, 1.82) is 0 Å². The van der Waals surface area contributed by atoms with Gasteiger partial charge < -0.3 is 5.32 Å². The van der Waals surface area contributed by atoms with Crippen molar-refractivity contribution in [3.63, 3.8) is 0 Å². The summed E-state index contributed by atoms with van der Waals surface area (Å²) < 4.78 is 26.4. The maximum atomic E-state index is 13.2. The molecule has 30 heavy (non-hydrogen) atoms. The molecule has 0 saturated carbocycles. The quantitative estimate of drug-likeness (QED) is 0.665. The fourth-order valence-electron chi connectivity index (χ4n) is 4.48. The molecule has 3 aromatic carbocycles. The normalized spacial score (nSPS) is 14.0. The van der Waals surface area contributed by atoms with Gasteiger partial charge in [0, 0.05) is 11.1 Å². The van der Waals surface area contributed by atoms with E-state index in [0.29, 0.717) is 11.4 Å². The van der Waals surface area contributed by atoms with Gasteiger partial charge in [0.1, 0.15) is 6.04 Å². The number of benzene rings is 3. The van der Waals surface area contributed by atoms with Crippen molar-refractivity contribution in [2.75, 3.05) is 15.9 Å². The first-order valence-corrected chi connectivity index (χ1v) is 11.9. The number of sulfonamides is 1. The van der Waals surface area contributed by atoms with Gasteiger partial charge in [0.2, 0.25) is 15.9 Å². The molecule has 0 unspecified atom stereocenters. The molecule has 1 N–H and O–H groups in total. The maximum Gasteiger partial charge on any atom is 0.248 e. The predicted molar refractivity (Wildman–Crippen MR) is 123 cm³/mol. The van der Waals surface area contributed by atoms with E-state index in [-0.39, 0.29) is 5.91 Å². The Balaban J connectivity index is 1.70. The molecule has 0 aromatic heterocycles. The van der Waals surface area contributed by atoms with Crippen molar-refractivity contribution in [3.8, 4) is 0 Å². The van der Waals surface area contributed by atoms with E-state index in [1.807, 2.05) is 38.1 Å². The van der Waals surface area contributed by atoms with Crippen molar-refractivity contribution in [1.82, 2.24) is 0 Å². The summed E-state index contributed by atoms with van der Waals surface area (Å²) in [6.07, 6.45) is 3.15. The molecule has 0 spiro atoms. The second-order valence-corrected chi connectivity index (χ2v) is 10.0. The highest BCUT2D eigenvalue weighted by Crippen LogP contribution is 2.35. The van der Waals surface area contributed by atoms with Crippen molar-refractivity contribution in [3.05, 3.63) is 70.8 Å². The molecule has 5 nitrogen and oxygen atoms in total. The van der Waals surface area contributed by atoms with Gasteiger partial charge in [-0.2, -0.15) is 0 Å². The van der Waals surface area contributed by atoms with Crippen LogP contribution in [0.15, 0.2) is 48.5 Å². The highest BCUT2D eigenvalue weighted by Gasteiger charge is 2.30. The molecule has 0 heterocycles. The van der Waals surface area contributed by atoms with E-state index >= 15 is 0 Å². The van der Waals surface area contributed by atoms with Crippen molar-refractivity contribution in [2.24, 2.45) is 0 Å². The largest absolute Gasteiger partial charge is 0.324 e. The Bertz CT molecular complexity index is 1230. The molecule has 1 aliphatic rings. The lowest BCUT2D eigenvalue weighted by Crippen LogP contribution is -2.45. The van der Waals surface area contributed by atoms with Gasteiger partial charge in [0.15, 0.2) is 0 Å². The second kappa shape index (κ2) is 7.43. The van der Waals surface area contributed by atoms with Gasteiger partial charge in [-0.15, -0.1) is 0 Å². The fraction of sp³-hybridized carbons (Fsp3) is 0.292. The van der Waals surface area contributed by atoms with E-state index in [1.54, 1.807) is 19.1 Å². The van der Waals surface area contributed by atoms with Crippen LogP contribution in [0.3, 0.4) is 0 Å². The van der Waals surface area contributed by atoms with Crippen molar-refractivity contribution >= 4 is 38.1 Å². The van der Waals surface area contributed by atoms with Crippen molar-refractivity contribution < 1.29 is 13.2 Å². The Hall–Kier alpha value is -2.86. The van der Waals surface area contributed by atoms with Crippen LogP contribution >= 0.6 is 0 Å². The minimum atomic E-state index is -3.66. The molecular weight excluding hydrogens is 396 g/mol. The SMILES string of the molecule is Cc1cc(C)cc(N([C@H](C)C(=O)Nc2ccc3c4c(cccc24)CC3)S(C)(=O)=O)c1. The average molecular weight is 423 g/mol. The highest BCUT2D eigenvalue weighted by atomic mass is 32.2. The first kappa shape index (κ1) is 20.4. The molecule has 0 saturated heterocycles. The average Bonchev–Trinajstić information content (AvgIpc) is 3.07. The Morgan fingerprint density at radius 3 is 2.27 bits per heavy atom. The molecule has 0 radical (unpaired) electrons. The molecule has 4 rings (SSSR count). The topological polar surface area (TPSA) is 66.5 Å². The summed E-state index contributed by atoms with van der Waals surface area (Å²) in [5.74, 6) is -0.363. The minimum Gasteiger partial charge on any atom is -0.324 e. The number of hydrogen-bond donors (Lipinski definition) is 1. The van der Waals surface area contributed by atoms with E-state index in [4.69, 9.17) is 0 Å². The Labute approximate surface area is 177 Å². The van der Waals surface area contributed by atoms with Crippen LogP contribution in [0.2, 0.25) is 0 Å². The summed E-state index contributed by atoms with van der Waals surface area (Å²) in [5.41, 5.74) is 5.68. The van der Waals surface area contributed by atoms with E-state index in [0.717, 1.165) is 35.6 Å². The number of anilines is 2. The fourth-order valence-corrected chi connectivity index (χ4v) is 5.64. The molecular formula is C24H26N2O3S. The molecule has 3 aromatic rings. The van der Waals surface area contributed by atoms with E-state index in [9.17, 15) is 13.2 Å². The number of nitrogens with one attached hydrogen (secondary N) is 1. The molecule has 0 fully saturated rings. The minimum absolute atomic E-state index is 0.363. The van der Waals surface area contributed by atoms with Crippen LogP contribution in [0.25, 0.3) is 10.8 Å². The summed E-state index contributed by atoms with van der Waals surface area (Å²) >= 11 is 0. The lowest BCUT2D eigenvalue weighted by molar-refractivity contribution is -0.116. The van der Waals surface area contributed by atoms with E-state index in [2.05, 4.69) is 17.4 Å². The predicted octanol–water partition coefficient (Wildman–Crippen LogP) is 4.35. The smallest absolute Gasteiger partial charge is 0.248 e. The third kappa shape index (κ3) is 3.67. The molecule has 0 bridgehead atoms. The summed E-state index contributed by atoms with van der Waals surface area (Å²) in [4.78, 5) is 13.2. The number of carbonyl (C=O) groups excluding carboxylic acids is 1. The first-order chi connectivity index (χ1) is 14.1. The third-order valence-corrected chi connectivity index (χ3v) is 6.93.